The third-order valence-corrected chi connectivity index (χ3v) is 4.67. The number of carbonyl (C=O) groups is 4. The number of nitrogens with one attached hydrogen (secondary N) is 2. The Morgan fingerprint density at radius 2 is 1.03 bits per heavy atom. The Labute approximate surface area is 201 Å². The first-order chi connectivity index (χ1) is 15.2. The van der Waals surface area contributed by atoms with Gasteiger partial charge >= 0.3 is 24.1 Å². The molecule has 0 aliphatic rings. The van der Waals surface area contributed by atoms with Crippen LogP contribution < -0.4 is 10.6 Å². The lowest BCUT2D eigenvalue weighted by molar-refractivity contribution is -0.146. The van der Waals surface area contributed by atoms with E-state index < -0.39 is 47.4 Å². The van der Waals surface area contributed by atoms with Crippen molar-refractivity contribution < 1.29 is 38.1 Å². The van der Waals surface area contributed by atoms with E-state index in [2.05, 4.69) is 10.6 Å². The normalized spacial score (nSPS) is 13.3. The molecule has 0 rings (SSSR count). The van der Waals surface area contributed by atoms with E-state index >= 15 is 0 Å². The Morgan fingerprint density at radius 1 is 0.697 bits per heavy atom. The summed E-state index contributed by atoms with van der Waals surface area (Å²) in [6.07, 6.45) is -0.775. The maximum atomic E-state index is 12.2. The lowest BCUT2D eigenvalue weighted by Gasteiger charge is -2.23. The number of esters is 2. The summed E-state index contributed by atoms with van der Waals surface area (Å²) in [5, 5.41) is 5.09. The standard InChI is InChI=1S/C22H40N2O8S/c1-9-29-17(25)15(23-19(27)31-21(3,4)5)11-13-33-14-12-16(18(26)30-10-2)24-20(28)32-22(6,7)8/h15-16H,9-14H2,1-8H3,(H,23,27)(H,24,28). The second kappa shape index (κ2) is 14.9. The first kappa shape index (κ1) is 30.8. The molecule has 2 atom stereocenters. The van der Waals surface area contributed by atoms with E-state index in [-0.39, 0.29) is 13.2 Å². The predicted molar refractivity (Wildman–Crippen MR) is 126 cm³/mol. The average molecular weight is 493 g/mol. The van der Waals surface area contributed by atoms with Crippen molar-refractivity contribution in [3.05, 3.63) is 0 Å². The molecule has 0 aromatic carbocycles. The molecule has 0 aromatic rings. The van der Waals surface area contributed by atoms with Crippen molar-refractivity contribution in [3.63, 3.8) is 0 Å². The van der Waals surface area contributed by atoms with Gasteiger partial charge in [-0.05, 0) is 79.7 Å². The van der Waals surface area contributed by atoms with E-state index in [1.807, 2.05) is 0 Å². The third kappa shape index (κ3) is 16.1. The lowest BCUT2D eigenvalue weighted by atomic mass is 10.2. The van der Waals surface area contributed by atoms with E-state index in [4.69, 9.17) is 18.9 Å². The molecule has 2 unspecified atom stereocenters. The van der Waals surface area contributed by atoms with Crippen LogP contribution in [0.5, 0.6) is 0 Å². The van der Waals surface area contributed by atoms with Crippen LogP contribution in [0.4, 0.5) is 9.59 Å². The van der Waals surface area contributed by atoms with E-state index in [0.717, 1.165) is 0 Å². The minimum Gasteiger partial charge on any atom is -0.464 e. The summed E-state index contributed by atoms with van der Waals surface area (Å²) in [4.78, 5) is 48.5. The van der Waals surface area contributed by atoms with E-state index in [9.17, 15) is 19.2 Å². The summed E-state index contributed by atoms with van der Waals surface area (Å²) in [5.74, 6) is -0.0809. The lowest BCUT2D eigenvalue weighted by Crippen LogP contribution is -2.45. The molecule has 0 spiro atoms. The molecule has 10 nitrogen and oxygen atoms in total. The molecule has 0 saturated heterocycles. The Bertz CT molecular complexity index is 589. The van der Waals surface area contributed by atoms with Crippen molar-refractivity contribution in [3.8, 4) is 0 Å². The fourth-order valence-corrected chi connectivity index (χ4v) is 3.40. The van der Waals surface area contributed by atoms with Crippen molar-refractivity contribution in [1.82, 2.24) is 10.6 Å². The number of alkyl carbamates (subject to hydrolysis) is 2. The number of hydrogen-bond acceptors (Lipinski definition) is 9. The Balaban J connectivity index is 4.76. The molecule has 0 saturated carbocycles. The largest absolute Gasteiger partial charge is 0.464 e. The van der Waals surface area contributed by atoms with Crippen molar-refractivity contribution in [2.45, 2.75) is 91.5 Å². The smallest absolute Gasteiger partial charge is 0.408 e. The minimum atomic E-state index is -0.854. The SMILES string of the molecule is CCOC(=O)C(CCSCCC(NC(=O)OC(C)(C)C)C(=O)OCC)NC(=O)OC(C)(C)C. The highest BCUT2D eigenvalue weighted by Gasteiger charge is 2.27. The molecule has 2 N–H and O–H groups in total. The minimum absolute atomic E-state index is 0.191. The van der Waals surface area contributed by atoms with Gasteiger partial charge in [0.05, 0.1) is 13.2 Å². The molecule has 0 aliphatic carbocycles. The summed E-state index contributed by atoms with van der Waals surface area (Å²) in [7, 11) is 0. The monoisotopic (exact) mass is 492 g/mol. The van der Waals surface area contributed by atoms with Gasteiger partial charge in [0.25, 0.3) is 0 Å². The topological polar surface area (TPSA) is 129 Å². The fourth-order valence-electron chi connectivity index (χ4n) is 2.39. The summed E-state index contributed by atoms with van der Waals surface area (Å²) < 4.78 is 20.5. The fraction of sp³-hybridized carbons (Fsp3) is 0.818. The number of hydrogen-bond donors (Lipinski definition) is 2. The van der Waals surface area contributed by atoms with Crippen LogP contribution in [0.1, 0.15) is 68.2 Å². The van der Waals surface area contributed by atoms with E-state index in [1.165, 1.54) is 11.8 Å². The van der Waals surface area contributed by atoms with E-state index in [0.29, 0.717) is 24.3 Å². The first-order valence-electron chi connectivity index (χ1n) is 11.1. The van der Waals surface area contributed by atoms with Crippen molar-refractivity contribution in [1.29, 1.82) is 0 Å². The molecule has 0 heterocycles. The van der Waals surface area contributed by atoms with Gasteiger partial charge in [0.15, 0.2) is 0 Å². The third-order valence-electron chi connectivity index (χ3n) is 3.63. The second-order valence-electron chi connectivity index (χ2n) is 9.09. The van der Waals surface area contributed by atoms with Crippen LogP contribution in [-0.4, -0.2) is 72.1 Å². The van der Waals surface area contributed by atoms with Crippen LogP contribution in [0.25, 0.3) is 0 Å². The van der Waals surface area contributed by atoms with Crippen LogP contribution in [0.3, 0.4) is 0 Å². The van der Waals surface area contributed by atoms with Gasteiger partial charge in [-0.25, -0.2) is 19.2 Å². The molecule has 33 heavy (non-hydrogen) atoms. The summed E-state index contributed by atoms with van der Waals surface area (Å²) in [6, 6.07) is -1.71. The predicted octanol–water partition coefficient (Wildman–Crippen LogP) is 3.41. The van der Waals surface area contributed by atoms with E-state index in [1.54, 1.807) is 55.4 Å². The molecule has 11 heteroatoms. The molecule has 2 amide bonds. The molecular formula is C22H40N2O8S. The van der Waals surface area contributed by atoms with Crippen molar-refractivity contribution in [2.75, 3.05) is 24.7 Å². The average Bonchev–Trinajstić information content (AvgIpc) is 2.63. The Morgan fingerprint density at radius 3 is 1.30 bits per heavy atom. The van der Waals surface area contributed by atoms with Crippen LogP contribution in [0.15, 0.2) is 0 Å². The van der Waals surface area contributed by atoms with Gasteiger partial charge in [0.2, 0.25) is 0 Å². The zero-order valence-corrected chi connectivity index (χ0v) is 21.9. The molecule has 0 radical (unpaired) electrons. The Hall–Kier alpha value is -2.17. The molecule has 0 bridgehead atoms. The van der Waals surface area contributed by atoms with Gasteiger partial charge < -0.3 is 29.6 Å². The number of ether oxygens (including phenoxy) is 4. The molecular weight excluding hydrogens is 452 g/mol. The number of rotatable bonds is 12. The quantitative estimate of drug-likeness (QED) is 0.239. The number of amides is 2. The molecule has 0 fully saturated rings. The zero-order valence-electron chi connectivity index (χ0n) is 21.1. The highest BCUT2D eigenvalue weighted by Crippen LogP contribution is 2.13. The molecule has 192 valence electrons. The van der Waals surface area contributed by atoms with Crippen LogP contribution in [0, 0.1) is 0 Å². The van der Waals surface area contributed by atoms with Crippen molar-refractivity contribution in [2.24, 2.45) is 0 Å². The number of carbonyl (C=O) groups excluding carboxylic acids is 4. The number of thioether (sulfide) groups is 1. The van der Waals surface area contributed by atoms with Gasteiger partial charge in [-0.15, -0.1) is 0 Å². The summed E-state index contributed by atoms with van der Waals surface area (Å²) in [5.41, 5.74) is -1.39. The summed E-state index contributed by atoms with van der Waals surface area (Å²) in [6.45, 7) is 14.1. The van der Waals surface area contributed by atoms with Crippen LogP contribution in [-0.2, 0) is 28.5 Å². The maximum Gasteiger partial charge on any atom is 0.408 e. The van der Waals surface area contributed by atoms with Crippen LogP contribution >= 0.6 is 11.8 Å². The second-order valence-corrected chi connectivity index (χ2v) is 10.3. The van der Waals surface area contributed by atoms with Crippen LogP contribution in [0.2, 0.25) is 0 Å². The molecule has 0 aliphatic heterocycles. The van der Waals surface area contributed by atoms with Gasteiger partial charge in [-0.3, -0.25) is 0 Å². The van der Waals surface area contributed by atoms with Gasteiger partial charge in [0, 0.05) is 0 Å². The first-order valence-corrected chi connectivity index (χ1v) is 12.2. The maximum absolute atomic E-state index is 12.2. The van der Waals surface area contributed by atoms with Gasteiger partial charge in [0.1, 0.15) is 23.3 Å². The van der Waals surface area contributed by atoms with Gasteiger partial charge in [-0.1, -0.05) is 0 Å². The van der Waals surface area contributed by atoms with Crippen molar-refractivity contribution >= 4 is 35.9 Å². The highest BCUT2D eigenvalue weighted by molar-refractivity contribution is 7.99. The summed E-state index contributed by atoms with van der Waals surface area (Å²) >= 11 is 1.46. The highest BCUT2D eigenvalue weighted by atomic mass is 32.2. The van der Waals surface area contributed by atoms with Gasteiger partial charge in [-0.2, -0.15) is 11.8 Å². The Kier molecular flexibility index (Phi) is 13.9. The zero-order chi connectivity index (χ0) is 25.7. The molecule has 0 aromatic heterocycles.